The third-order valence-corrected chi connectivity index (χ3v) is 5.00. The van der Waals surface area contributed by atoms with Gasteiger partial charge < -0.3 is 10.1 Å². The highest BCUT2D eigenvalue weighted by molar-refractivity contribution is 5.94. The number of amides is 1. The van der Waals surface area contributed by atoms with Crippen LogP contribution in [0.15, 0.2) is 48.7 Å². The number of H-pyrrole nitrogens is 1. The van der Waals surface area contributed by atoms with E-state index >= 15 is 0 Å². The van der Waals surface area contributed by atoms with Gasteiger partial charge in [0.2, 0.25) is 5.91 Å². The van der Waals surface area contributed by atoms with E-state index in [9.17, 15) is 18.0 Å². The number of carbonyl (C=O) groups excluding carboxylic acids is 1. The molecule has 150 valence electrons. The van der Waals surface area contributed by atoms with Crippen LogP contribution < -0.4 is 10.1 Å². The first-order valence-electron chi connectivity index (χ1n) is 9.05. The van der Waals surface area contributed by atoms with Gasteiger partial charge in [-0.15, -0.1) is 0 Å². The maximum absolute atomic E-state index is 13.1. The molecule has 1 aliphatic rings. The van der Waals surface area contributed by atoms with Crippen molar-refractivity contribution in [3.8, 4) is 5.75 Å². The van der Waals surface area contributed by atoms with Crippen LogP contribution in [0.5, 0.6) is 5.75 Å². The lowest BCUT2D eigenvalue weighted by Crippen LogP contribution is -2.23. The zero-order valence-electron chi connectivity index (χ0n) is 15.5. The van der Waals surface area contributed by atoms with Crippen molar-refractivity contribution >= 4 is 11.7 Å². The van der Waals surface area contributed by atoms with Gasteiger partial charge in [0.1, 0.15) is 12.4 Å². The maximum Gasteiger partial charge on any atom is 0.416 e. The van der Waals surface area contributed by atoms with E-state index < -0.39 is 11.7 Å². The lowest BCUT2D eigenvalue weighted by molar-refractivity contribution is -0.138. The standard InChI is InChI=1S/C21H18F3N3O2/c1-12-8-13(15-9-19(28)26-20-16(15)10-25-27-20)6-7-18(12)29-11-14-4-2-3-5-17(14)21(22,23)24/h2-8,10,15H,9,11H2,1H3,(H2,25,26,27,28). The van der Waals surface area contributed by atoms with Crippen molar-refractivity contribution < 1.29 is 22.7 Å². The van der Waals surface area contributed by atoms with Crippen LogP contribution in [0.2, 0.25) is 0 Å². The molecule has 29 heavy (non-hydrogen) atoms. The SMILES string of the molecule is Cc1cc(C2CC(=O)Nc3n[nH]cc32)ccc1OCc1ccccc1C(F)(F)F. The van der Waals surface area contributed by atoms with Crippen molar-refractivity contribution in [2.75, 3.05) is 5.32 Å². The molecule has 0 saturated heterocycles. The van der Waals surface area contributed by atoms with Crippen molar-refractivity contribution in [3.05, 3.63) is 76.5 Å². The maximum atomic E-state index is 13.1. The Hall–Kier alpha value is -3.29. The number of nitrogens with one attached hydrogen (secondary N) is 2. The van der Waals surface area contributed by atoms with Crippen LogP contribution in [0.4, 0.5) is 19.0 Å². The summed E-state index contributed by atoms with van der Waals surface area (Å²) in [6, 6.07) is 10.8. The number of benzene rings is 2. The highest BCUT2D eigenvalue weighted by Gasteiger charge is 2.33. The smallest absolute Gasteiger partial charge is 0.416 e. The van der Waals surface area contributed by atoms with Crippen LogP contribution in [0.3, 0.4) is 0 Å². The number of ether oxygens (including phenoxy) is 1. The Morgan fingerprint density at radius 3 is 2.76 bits per heavy atom. The first kappa shape index (κ1) is 19.0. The van der Waals surface area contributed by atoms with Gasteiger partial charge in [-0.05, 0) is 30.2 Å². The highest BCUT2D eigenvalue weighted by Crippen LogP contribution is 2.37. The topological polar surface area (TPSA) is 67.0 Å². The molecule has 0 bridgehead atoms. The molecule has 1 atom stereocenters. The minimum atomic E-state index is -4.43. The first-order valence-corrected chi connectivity index (χ1v) is 9.05. The summed E-state index contributed by atoms with van der Waals surface area (Å²) in [5, 5.41) is 9.53. The number of aryl methyl sites for hydroxylation is 1. The molecule has 5 nitrogen and oxygen atoms in total. The predicted molar refractivity (Wildman–Crippen MR) is 101 cm³/mol. The first-order chi connectivity index (χ1) is 13.8. The Morgan fingerprint density at radius 2 is 2.00 bits per heavy atom. The van der Waals surface area contributed by atoms with Crippen LogP contribution in [-0.4, -0.2) is 16.1 Å². The number of fused-ring (bicyclic) bond motifs is 1. The summed E-state index contributed by atoms with van der Waals surface area (Å²) in [6.07, 6.45) is -2.37. The number of nitrogens with zero attached hydrogens (tertiary/aromatic N) is 1. The Labute approximate surface area is 164 Å². The third kappa shape index (κ3) is 3.83. The van der Waals surface area contributed by atoms with Crippen LogP contribution in [-0.2, 0) is 17.6 Å². The normalized spacial score (nSPS) is 16.3. The summed E-state index contributed by atoms with van der Waals surface area (Å²) < 4.78 is 45.1. The van der Waals surface area contributed by atoms with Crippen LogP contribution in [0, 0.1) is 6.92 Å². The van der Waals surface area contributed by atoms with Gasteiger partial charge in [0.15, 0.2) is 5.82 Å². The van der Waals surface area contributed by atoms with Gasteiger partial charge in [-0.25, -0.2) is 0 Å². The van der Waals surface area contributed by atoms with Gasteiger partial charge in [-0.2, -0.15) is 18.3 Å². The van der Waals surface area contributed by atoms with Crippen molar-refractivity contribution in [1.29, 1.82) is 0 Å². The van der Waals surface area contributed by atoms with Gasteiger partial charge in [0.05, 0.1) is 5.56 Å². The molecule has 1 amide bonds. The van der Waals surface area contributed by atoms with Crippen molar-refractivity contribution in [2.24, 2.45) is 0 Å². The van der Waals surface area contributed by atoms with Gasteiger partial charge >= 0.3 is 6.18 Å². The monoisotopic (exact) mass is 401 g/mol. The number of aromatic nitrogens is 2. The van der Waals surface area contributed by atoms with E-state index in [1.165, 1.54) is 12.1 Å². The second-order valence-corrected chi connectivity index (χ2v) is 6.96. The molecule has 2 aromatic carbocycles. The summed E-state index contributed by atoms with van der Waals surface area (Å²) in [5.74, 6) is 0.763. The zero-order valence-corrected chi connectivity index (χ0v) is 15.5. The Kier molecular flexibility index (Phi) is 4.77. The van der Waals surface area contributed by atoms with Crippen molar-refractivity contribution in [3.63, 3.8) is 0 Å². The van der Waals surface area contributed by atoms with Gasteiger partial charge in [-0.1, -0.05) is 30.3 Å². The minimum absolute atomic E-state index is 0.0791. The van der Waals surface area contributed by atoms with E-state index in [1.54, 1.807) is 18.3 Å². The second-order valence-electron chi connectivity index (χ2n) is 6.96. The lowest BCUT2D eigenvalue weighted by atomic mass is 9.86. The largest absolute Gasteiger partial charge is 0.489 e. The molecule has 0 spiro atoms. The van der Waals surface area contributed by atoms with Crippen molar-refractivity contribution in [2.45, 2.75) is 32.0 Å². The summed E-state index contributed by atoms with van der Waals surface area (Å²) in [5.41, 5.74) is 1.98. The molecular formula is C21H18F3N3O2. The van der Waals surface area contributed by atoms with Crippen LogP contribution in [0.1, 0.15) is 40.2 Å². The second kappa shape index (κ2) is 7.27. The molecule has 4 rings (SSSR count). The van der Waals surface area contributed by atoms with Crippen molar-refractivity contribution in [1.82, 2.24) is 10.2 Å². The van der Waals surface area contributed by atoms with Crippen LogP contribution >= 0.6 is 0 Å². The molecular weight excluding hydrogens is 383 g/mol. The number of hydrogen-bond acceptors (Lipinski definition) is 3. The van der Waals surface area contributed by atoms with E-state index in [4.69, 9.17) is 4.74 Å². The Balaban J connectivity index is 1.55. The van der Waals surface area contributed by atoms with Crippen LogP contribution in [0.25, 0.3) is 0 Å². The fourth-order valence-electron chi connectivity index (χ4n) is 3.57. The zero-order chi connectivity index (χ0) is 20.6. The molecule has 1 aromatic heterocycles. The lowest BCUT2D eigenvalue weighted by Gasteiger charge is -2.23. The molecule has 0 radical (unpaired) electrons. The predicted octanol–water partition coefficient (Wildman–Crippen LogP) is 4.79. The molecule has 1 unspecified atom stereocenters. The summed E-state index contributed by atoms with van der Waals surface area (Å²) in [7, 11) is 0. The molecule has 2 heterocycles. The molecule has 0 fully saturated rings. The highest BCUT2D eigenvalue weighted by atomic mass is 19.4. The van der Waals surface area contributed by atoms with E-state index in [-0.39, 0.29) is 24.0 Å². The number of alkyl halides is 3. The third-order valence-electron chi connectivity index (χ3n) is 5.00. The Bertz CT molecular complexity index is 1060. The molecule has 1 aliphatic heterocycles. The summed E-state index contributed by atoms with van der Waals surface area (Å²) >= 11 is 0. The summed E-state index contributed by atoms with van der Waals surface area (Å²) in [4.78, 5) is 12.0. The number of anilines is 1. The van der Waals surface area contributed by atoms with Gasteiger partial charge in [0, 0.05) is 29.7 Å². The fourth-order valence-corrected chi connectivity index (χ4v) is 3.57. The molecule has 8 heteroatoms. The molecule has 3 aromatic rings. The van der Waals surface area contributed by atoms with E-state index in [0.29, 0.717) is 18.0 Å². The quantitative estimate of drug-likeness (QED) is 0.661. The number of hydrogen-bond donors (Lipinski definition) is 2. The number of carbonyl (C=O) groups is 1. The van der Waals surface area contributed by atoms with E-state index in [0.717, 1.165) is 22.8 Å². The fraction of sp³-hybridized carbons (Fsp3) is 0.238. The Morgan fingerprint density at radius 1 is 1.21 bits per heavy atom. The number of halogens is 3. The number of rotatable bonds is 4. The van der Waals surface area contributed by atoms with E-state index in [1.807, 2.05) is 19.1 Å². The summed E-state index contributed by atoms with van der Waals surface area (Å²) in [6.45, 7) is 1.64. The molecule has 2 N–H and O–H groups in total. The van der Waals surface area contributed by atoms with Gasteiger partial charge in [0.25, 0.3) is 0 Å². The van der Waals surface area contributed by atoms with E-state index in [2.05, 4.69) is 15.5 Å². The molecule has 0 saturated carbocycles. The van der Waals surface area contributed by atoms with Gasteiger partial charge in [-0.3, -0.25) is 9.89 Å². The average molecular weight is 401 g/mol. The minimum Gasteiger partial charge on any atom is -0.489 e. The molecule has 0 aliphatic carbocycles. The number of aromatic amines is 1. The average Bonchev–Trinajstić information content (AvgIpc) is 3.14.